The van der Waals surface area contributed by atoms with Crippen LogP contribution in [0.25, 0.3) is 0 Å². The van der Waals surface area contributed by atoms with Gasteiger partial charge in [0.2, 0.25) is 0 Å². The molecule has 0 amide bonds. The van der Waals surface area contributed by atoms with E-state index in [0.29, 0.717) is 17.1 Å². The lowest BCUT2D eigenvalue weighted by Gasteiger charge is -2.23. The molecule has 0 atom stereocenters. The molecule has 3 rings (SSSR count). The highest BCUT2D eigenvalue weighted by molar-refractivity contribution is 5.44. The number of nitrogens with one attached hydrogen (secondary N) is 3. The molecule has 0 aliphatic rings. The standard InChI is InChI=1S/C21H24N4O3/c26-22-19-7-1-16(2-8-19)13-25(14-17-3-9-20(23-27)10-4-17)15-18-5-11-21(24-28)12-6-18/h1-12,22-24,26-28H,13-15H2. The Morgan fingerprint density at radius 3 is 0.929 bits per heavy atom. The van der Waals surface area contributed by atoms with Gasteiger partial charge in [0.05, 0.1) is 17.1 Å². The fourth-order valence-corrected chi connectivity index (χ4v) is 3.00. The van der Waals surface area contributed by atoms with Crippen molar-refractivity contribution in [1.82, 2.24) is 4.90 Å². The molecule has 28 heavy (non-hydrogen) atoms. The Morgan fingerprint density at radius 2 is 0.714 bits per heavy atom. The van der Waals surface area contributed by atoms with Gasteiger partial charge in [-0.15, -0.1) is 0 Å². The smallest absolute Gasteiger partial charge is 0.0602 e. The van der Waals surface area contributed by atoms with E-state index in [1.54, 1.807) is 0 Å². The molecule has 0 spiro atoms. The normalized spacial score (nSPS) is 10.7. The van der Waals surface area contributed by atoms with E-state index in [1.807, 2.05) is 72.8 Å². The summed E-state index contributed by atoms with van der Waals surface area (Å²) in [5.74, 6) is 0. The summed E-state index contributed by atoms with van der Waals surface area (Å²) in [7, 11) is 0. The number of rotatable bonds is 9. The molecule has 0 fully saturated rings. The zero-order valence-electron chi connectivity index (χ0n) is 15.3. The highest BCUT2D eigenvalue weighted by Crippen LogP contribution is 2.18. The highest BCUT2D eigenvalue weighted by atomic mass is 16.5. The van der Waals surface area contributed by atoms with E-state index in [4.69, 9.17) is 15.6 Å². The molecule has 0 heterocycles. The van der Waals surface area contributed by atoms with Crippen LogP contribution in [0.15, 0.2) is 72.8 Å². The third-order valence-electron chi connectivity index (χ3n) is 4.47. The first kappa shape index (κ1) is 19.7. The van der Waals surface area contributed by atoms with Crippen LogP contribution in [-0.2, 0) is 19.6 Å². The molecule has 0 aromatic heterocycles. The minimum absolute atomic E-state index is 0.648. The van der Waals surface area contributed by atoms with E-state index in [9.17, 15) is 0 Å². The molecule has 0 saturated carbocycles. The summed E-state index contributed by atoms with van der Waals surface area (Å²) in [5, 5.41) is 26.9. The maximum Gasteiger partial charge on any atom is 0.0602 e. The molecule has 0 aliphatic carbocycles. The van der Waals surface area contributed by atoms with Crippen molar-refractivity contribution in [3.05, 3.63) is 89.5 Å². The number of hydrogen-bond donors (Lipinski definition) is 6. The molecule has 0 radical (unpaired) electrons. The van der Waals surface area contributed by atoms with Gasteiger partial charge in [0, 0.05) is 19.6 Å². The van der Waals surface area contributed by atoms with Crippen LogP contribution in [0.2, 0.25) is 0 Å². The Balaban J connectivity index is 1.76. The molecule has 0 saturated heterocycles. The second-order valence-electron chi connectivity index (χ2n) is 6.57. The third-order valence-corrected chi connectivity index (χ3v) is 4.47. The summed E-state index contributed by atoms with van der Waals surface area (Å²) in [6.07, 6.45) is 0. The van der Waals surface area contributed by atoms with Gasteiger partial charge in [-0.25, -0.2) is 0 Å². The topological polar surface area (TPSA) is 100 Å². The zero-order valence-corrected chi connectivity index (χ0v) is 15.3. The van der Waals surface area contributed by atoms with Gasteiger partial charge in [0.25, 0.3) is 0 Å². The summed E-state index contributed by atoms with van der Waals surface area (Å²) in [5.41, 5.74) is 11.7. The van der Waals surface area contributed by atoms with Gasteiger partial charge in [-0.2, -0.15) is 0 Å². The fraction of sp³-hybridized carbons (Fsp3) is 0.143. The van der Waals surface area contributed by atoms with Gasteiger partial charge in [0.15, 0.2) is 0 Å². The Kier molecular flexibility index (Phi) is 6.83. The summed E-state index contributed by atoms with van der Waals surface area (Å²) in [6, 6.07) is 22.8. The van der Waals surface area contributed by atoms with Crippen molar-refractivity contribution in [2.45, 2.75) is 19.6 Å². The van der Waals surface area contributed by atoms with Crippen molar-refractivity contribution in [3.63, 3.8) is 0 Å². The molecular weight excluding hydrogens is 356 g/mol. The van der Waals surface area contributed by atoms with Gasteiger partial charge in [-0.05, 0) is 53.1 Å². The van der Waals surface area contributed by atoms with Crippen LogP contribution in [0, 0.1) is 0 Å². The van der Waals surface area contributed by atoms with Crippen LogP contribution in [0.4, 0.5) is 17.1 Å². The van der Waals surface area contributed by atoms with Gasteiger partial charge in [-0.1, -0.05) is 36.4 Å². The predicted octanol–water partition coefficient (Wildman–Crippen LogP) is 4.29. The maximum absolute atomic E-state index is 8.98. The largest absolute Gasteiger partial charge is 0.291 e. The lowest BCUT2D eigenvalue weighted by atomic mass is 10.1. The van der Waals surface area contributed by atoms with E-state index in [1.165, 1.54) is 0 Å². The monoisotopic (exact) mass is 380 g/mol. The Labute approximate surface area is 163 Å². The molecule has 146 valence electrons. The van der Waals surface area contributed by atoms with E-state index < -0.39 is 0 Å². The quantitative estimate of drug-likeness (QED) is 0.308. The van der Waals surface area contributed by atoms with E-state index in [-0.39, 0.29) is 0 Å². The van der Waals surface area contributed by atoms with Crippen LogP contribution in [0.5, 0.6) is 0 Å². The van der Waals surface area contributed by atoms with E-state index in [2.05, 4.69) is 21.3 Å². The third kappa shape index (κ3) is 5.45. The molecule has 3 aromatic carbocycles. The number of nitrogens with zero attached hydrogens (tertiary/aromatic N) is 1. The average Bonchev–Trinajstić information content (AvgIpc) is 2.75. The fourth-order valence-electron chi connectivity index (χ4n) is 3.00. The summed E-state index contributed by atoms with van der Waals surface area (Å²) in [4.78, 5) is 2.30. The lowest BCUT2D eigenvalue weighted by molar-refractivity contribution is 0.247. The van der Waals surface area contributed by atoms with Gasteiger partial charge >= 0.3 is 0 Å². The first-order chi connectivity index (χ1) is 13.7. The van der Waals surface area contributed by atoms with Crippen LogP contribution in [-0.4, -0.2) is 20.5 Å². The van der Waals surface area contributed by atoms with Crippen LogP contribution >= 0.6 is 0 Å². The molecule has 6 N–H and O–H groups in total. The maximum atomic E-state index is 8.98. The van der Waals surface area contributed by atoms with Crippen molar-refractivity contribution in [1.29, 1.82) is 0 Å². The second kappa shape index (κ2) is 9.72. The molecule has 0 unspecified atom stereocenters. The molecule has 7 nitrogen and oxygen atoms in total. The number of anilines is 3. The molecule has 3 aromatic rings. The molecule has 7 heteroatoms. The molecule has 0 bridgehead atoms. The second-order valence-corrected chi connectivity index (χ2v) is 6.57. The zero-order chi connectivity index (χ0) is 19.8. The summed E-state index contributed by atoms with van der Waals surface area (Å²) < 4.78 is 0. The van der Waals surface area contributed by atoms with Gasteiger partial charge in [0.1, 0.15) is 0 Å². The molecular formula is C21H24N4O3. The first-order valence-electron chi connectivity index (χ1n) is 8.89. The van der Waals surface area contributed by atoms with Crippen LogP contribution in [0.1, 0.15) is 16.7 Å². The predicted molar refractivity (Wildman–Crippen MR) is 109 cm³/mol. The lowest BCUT2D eigenvalue weighted by Crippen LogP contribution is -2.22. The minimum atomic E-state index is 0.648. The molecule has 0 aliphatic heterocycles. The Hall–Kier alpha value is -3.10. The van der Waals surface area contributed by atoms with Crippen LogP contribution < -0.4 is 16.4 Å². The van der Waals surface area contributed by atoms with E-state index in [0.717, 1.165) is 36.3 Å². The SMILES string of the molecule is ONc1ccc(CN(Cc2ccc(NO)cc2)Cc2ccc(NO)cc2)cc1. The minimum Gasteiger partial charge on any atom is -0.291 e. The van der Waals surface area contributed by atoms with E-state index >= 15 is 0 Å². The summed E-state index contributed by atoms with van der Waals surface area (Å²) >= 11 is 0. The van der Waals surface area contributed by atoms with Crippen molar-refractivity contribution < 1.29 is 15.6 Å². The average molecular weight is 380 g/mol. The Morgan fingerprint density at radius 1 is 0.464 bits per heavy atom. The first-order valence-corrected chi connectivity index (χ1v) is 8.89. The summed E-state index contributed by atoms with van der Waals surface area (Å²) in [6.45, 7) is 2.18. The van der Waals surface area contributed by atoms with Crippen molar-refractivity contribution in [3.8, 4) is 0 Å². The highest BCUT2D eigenvalue weighted by Gasteiger charge is 2.09. The van der Waals surface area contributed by atoms with Crippen LogP contribution in [0.3, 0.4) is 0 Å². The number of benzene rings is 3. The Bertz CT molecular complexity index is 735. The van der Waals surface area contributed by atoms with Crippen molar-refractivity contribution in [2.75, 3.05) is 16.4 Å². The van der Waals surface area contributed by atoms with Gasteiger partial charge in [-0.3, -0.25) is 37.0 Å². The number of hydrogen-bond acceptors (Lipinski definition) is 7. The van der Waals surface area contributed by atoms with Crippen molar-refractivity contribution >= 4 is 17.1 Å². The van der Waals surface area contributed by atoms with Gasteiger partial charge < -0.3 is 0 Å². The van der Waals surface area contributed by atoms with Crippen molar-refractivity contribution in [2.24, 2.45) is 0 Å².